The number of anilines is 1. The molecule has 0 spiro atoms. The van der Waals surface area contributed by atoms with Crippen LogP contribution in [0.2, 0.25) is 0 Å². The van der Waals surface area contributed by atoms with E-state index in [2.05, 4.69) is 5.32 Å². The van der Waals surface area contributed by atoms with Crippen molar-refractivity contribution in [1.82, 2.24) is 0 Å². The maximum Gasteiger partial charge on any atom is 0.231 e. The van der Waals surface area contributed by atoms with Crippen molar-refractivity contribution in [2.75, 3.05) is 5.32 Å². The Morgan fingerprint density at radius 2 is 1.94 bits per heavy atom. The van der Waals surface area contributed by atoms with E-state index < -0.39 is 0 Å². The lowest BCUT2D eigenvalue weighted by molar-refractivity contribution is -0.118. The van der Waals surface area contributed by atoms with Crippen LogP contribution in [0.4, 0.5) is 5.69 Å². The summed E-state index contributed by atoms with van der Waals surface area (Å²) in [5.74, 6) is -0.193. The van der Waals surface area contributed by atoms with Crippen LogP contribution in [0.3, 0.4) is 0 Å². The molecule has 0 bridgehead atoms. The average molecular weight is 231 g/mol. The highest BCUT2D eigenvalue weighted by molar-refractivity contribution is 5.93. The molecule has 4 heteroatoms. The fourth-order valence-electron chi connectivity index (χ4n) is 1.93. The van der Waals surface area contributed by atoms with Gasteiger partial charge in [0.05, 0.1) is 5.92 Å². The van der Waals surface area contributed by atoms with E-state index >= 15 is 0 Å². The molecule has 2 unspecified atom stereocenters. The van der Waals surface area contributed by atoms with Crippen LogP contribution < -0.4 is 16.8 Å². The lowest BCUT2D eigenvalue weighted by Crippen LogP contribution is -2.35. The molecule has 1 aliphatic carbocycles. The number of amides is 1. The van der Waals surface area contributed by atoms with Crippen molar-refractivity contribution >= 4 is 11.6 Å². The molecular formula is C13H17N3O. The van der Waals surface area contributed by atoms with Gasteiger partial charge in [0.15, 0.2) is 0 Å². The molecule has 1 amide bonds. The summed E-state index contributed by atoms with van der Waals surface area (Å²) in [6, 6.07) is 9.30. The van der Waals surface area contributed by atoms with Crippen molar-refractivity contribution in [3.63, 3.8) is 0 Å². The van der Waals surface area contributed by atoms with E-state index in [9.17, 15) is 4.79 Å². The Kier molecular flexibility index (Phi) is 3.44. The van der Waals surface area contributed by atoms with E-state index in [-0.39, 0.29) is 17.9 Å². The summed E-state index contributed by atoms with van der Waals surface area (Å²) in [6.45, 7) is 0. The summed E-state index contributed by atoms with van der Waals surface area (Å²) >= 11 is 0. The van der Waals surface area contributed by atoms with Gasteiger partial charge >= 0.3 is 0 Å². The molecule has 0 fully saturated rings. The number of carbonyl (C=O) groups is 1. The highest BCUT2D eigenvalue weighted by Crippen LogP contribution is 2.21. The molecule has 4 nitrogen and oxygen atoms in total. The molecular weight excluding hydrogens is 214 g/mol. The van der Waals surface area contributed by atoms with E-state index in [0.717, 1.165) is 18.5 Å². The van der Waals surface area contributed by atoms with Crippen LogP contribution in [-0.2, 0) is 4.79 Å². The van der Waals surface area contributed by atoms with Gasteiger partial charge in [-0.05, 0) is 25.0 Å². The van der Waals surface area contributed by atoms with E-state index in [1.54, 1.807) is 6.08 Å². The molecule has 0 heterocycles. The SMILES string of the molecule is NC1=CC(C(=O)Nc2ccccc2)CCC1N. The second-order valence-electron chi connectivity index (χ2n) is 4.31. The molecule has 0 radical (unpaired) electrons. The number of carbonyl (C=O) groups excluding carboxylic acids is 1. The highest BCUT2D eigenvalue weighted by Gasteiger charge is 2.23. The first-order valence-electron chi connectivity index (χ1n) is 5.75. The smallest absolute Gasteiger partial charge is 0.231 e. The molecule has 90 valence electrons. The normalized spacial score (nSPS) is 23.9. The van der Waals surface area contributed by atoms with Gasteiger partial charge in [-0.15, -0.1) is 0 Å². The minimum absolute atomic E-state index is 0.0222. The van der Waals surface area contributed by atoms with Gasteiger partial charge < -0.3 is 16.8 Å². The maximum atomic E-state index is 12.0. The third-order valence-corrected chi connectivity index (χ3v) is 2.99. The van der Waals surface area contributed by atoms with Gasteiger partial charge in [0.2, 0.25) is 5.91 Å². The predicted molar refractivity (Wildman–Crippen MR) is 68.0 cm³/mol. The van der Waals surface area contributed by atoms with Crippen LogP contribution in [0.25, 0.3) is 0 Å². The van der Waals surface area contributed by atoms with Crippen molar-refractivity contribution in [1.29, 1.82) is 0 Å². The zero-order valence-corrected chi connectivity index (χ0v) is 9.60. The summed E-state index contributed by atoms with van der Waals surface area (Å²) in [4.78, 5) is 12.0. The summed E-state index contributed by atoms with van der Waals surface area (Å²) in [5.41, 5.74) is 12.9. The van der Waals surface area contributed by atoms with Gasteiger partial charge in [0.25, 0.3) is 0 Å². The zero-order valence-electron chi connectivity index (χ0n) is 9.60. The second-order valence-corrected chi connectivity index (χ2v) is 4.31. The summed E-state index contributed by atoms with van der Waals surface area (Å²) in [7, 11) is 0. The molecule has 1 aromatic carbocycles. The van der Waals surface area contributed by atoms with E-state index in [0.29, 0.717) is 5.70 Å². The van der Waals surface area contributed by atoms with Crippen molar-refractivity contribution < 1.29 is 4.79 Å². The van der Waals surface area contributed by atoms with E-state index in [4.69, 9.17) is 11.5 Å². The Labute approximate surface area is 101 Å². The third kappa shape index (κ3) is 2.85. The molecule has 1 aliphatic rings. The zero-order chi connectivity index (χ0) is 12.3. The van der Waals surface area contributed by atoms with Crippen molar-refractivity contribution in [3.8, 4) is 0 Å². The lowest BCUT2D eigenvalue weighted by Gasteiger charge is -2.23. The van der Waals surface area contributed by atoms with Crippen LogP contribution in [0.15, 0.2) is 42.1 Å². The van der Waals surface area contributed by atoms with Gasteiger partial charge in [0.1, 0.15) is 0 Å². The Morgan fingerprint density at radius 3 is 2.59 bits per heavy atom. The van der Waals surface area contributed by atoms with E-state index in [1.807, 2.05) is 30.3 Å². The fourth-order valence-corrected chi connectivity index (χ4v) is 1.93. The monoisotopic (exact) mass is 231 g/mol. The first-order valence-corrected chi connectivity index (χ1v) is 5.75. The van der Waals surface area contributed by atoms with Crippen molar-refractivity contribution in [3.05, 3.63) is 42.1 Å². The summed E-state index contributed by atoms with van der Waals surface area (Å²) in [6.07, 6.45) is 3.28. The topological polar surface area (TPSA) is 81.1 Å². The summed E-state index contributed by atoms with van der Waals surface area (Å²) in [5, 5.41) is 2.87. The average Bonchev–Trinajstić information content (AvgIpc) is 2.34. The highest BCUT2D eigenvalue weighted by atomic mass is 16.1. The van der Waals surface area contributed by atoms with Gasteiger partial charge in [-0.25, -0.2) is 0 Å². The lowest BCUT2D eigenvalue weighted by atomic mass is 9.90. The molecule has 17 heavy (non-hydrogen) atoms. The Balaban J connectivity index is 2.02. The van der Waals surface area contributed by atoms with Crippen molar-refractivity contribution in [2.24, 2.45) is 17.4 Å². The first-order chi connectivity index (χ1) is 8.16. The minimum atomic E-state index is -0.171. The number of para-hydroxylation sites is 1. The molecule has 0 aliphatic heterocycles. The van der Waals surface area contributed by atoms with Crippen molar-refractivity contribution in [2.45, 2.75) is 18.9 Å². The van der Waals surface area contributed by atoms with Crippen LogP contribution >= 0.6 is 0 Å². The van der Waals surface area contributed by atoms with Gasteiger partial charge in [-0.3, -0.25) is 4.79 Å². The summed E-state index contributed by atoms with van der Waals surface area (Å²) < 4.78 is 0. The third-order valence-electron chi connectivity index (χ3n) is 2.99. The van der Waals surface area contributed by atoms with Gasteiger partial charge in [-0.1, -0.05) is 24.3 Å². The predicted octanol–water partition coefficient (Wildman–Crippen LogP) is 1.20. The van der Waals surface area contributed by atoms with Gasteiger partial charge in [0, 0.05) is 17.4 Å². The molecule has 2 rings (SSSR count). The second kappa shape index (κ2) is 5.01. The van der Waals surface area contributed by atoms with Crippen LogP contribution in [-0.4, -0.2) is 11.9 Å². The number of hydrogen-bond donors (Lipinski definition) is 3. The number of benzene rings is 1. The first kappa shape index (κ1) is 11.7. The standard InChI is InChI=1S/C13H17N3O/c14-11-7-6-9(8-12(11)15)13(17)16-10-4-2-1-3-5-10/h1-5,8-9,11H,6-7,14-15H2,(H,16,17). The number of nitrogens with one attached hydrogen (secondary N) is 1. The van der Waals surface area contributed by atoms with Crippen LogP contribution in [0.5, 0.6) is 0 Å². The van der Waals surface area contributed by atoms with Crippen LogP contribution in [0, 0.1) is 5.92 Å². The van der Waals surface area contributed by atoms with Gasteiger partial charge in [-0.2, -0.15) is 0 Å². The molecule has 0 saturated carbocycles. The number of nitrogens with two attached hydrogens (primary N) is 2. The quantitative estimate of drug-likeness (QED) is 0.715. The molecule has 5 N–H and O–H groups in total. The van der Waals surface area contributed by atoms with E-state index in [1.165, 1.54) is 0 Å². The Morgan fingerprint density at radius 1 is 1.24 bits per heavy atom. The molecule has 0 saturated heterocycles. The molecule has 1 aromatic rings. The number of rotatable bonds is 2. The Hall–Kier alpha value is -1.81. The number of hydrogen-bond acceptors (Lipinski definition) is 3. The van der Waals surface area contributed by atoms with Crippen LogP contribution in [0.1, 0.15) is 12.8 Å². The molecule has 2 atom stereocenters. The fraction of sp³-hybridized carbons (Fsp3) is 0.308. The molecule has 0 aromatic heterocycles. The maximum absolute atomic E-state index is 12.0. The largest absolute Gasteiger partial charge is 0.401 e. The Bertz CT molecular complexity index is 428. The minimum Gasteiger partial charge on any atom is -0.401 e.